The van der Waals surface area contributed by atoms with Crippen molar-refractivity contribution in [2.45, 2.75) is 57.6 Å². The number of urea groups is 1. The van der Waals surface area contributed by atoms with Crippen molar-refractivity contribution in [1.29, 1.82) is 0 Å². The second-order valence-electron chi connectivity index (χ2n) is 13.3. The highest BCUT2D eigenvalue weighted by Gasteiger charge is 2.39. The van der Waals surface area contributed by atoms with Crippen molar-refractivity contribution >= 4 is 11.7 Å². The molecule has 6 atom stereocenters. The Labute approximate surface area is 305 Å². The average Bonchev–Trinajstić information content (AvgIpc) is 3.19. The van der Waals surface area contributed by atoms with Crippen molar-refractivity contribution in [1.82, 2.24) is 10.2 Å². The molecule has 0 bridgehead atoms. The van der Waals surface area contributed by atoms with Gasteiger partial charge in [0.25, 0.3) is 0 Å². The van der Waals surface area contributed by atoms with E-state index >= 15 is 0 Å². The molecule has 52 heavy (non-hydrogen) atoms. The van der Waals surface area contributed by atoms with Crippen LogP contribution in [0.25, 0.3) is 0 Å². The highest BCUT2D eigenvalue weighted by atomic mass is 16.7. The van der Waals surface area contributed by atoms with Crippen LogP contribution >= 0.6 is 0 Å². The summed E-state index contributed by atoms with van der Waals surface area (Å²) in [6, 6.07) is 41.7. The zero-order chi connectivity index (χ0) is 36.5. The largest absolute Gasteiger partial charge is 0.457 e. The number of nitrogens with one attached hydrogen (secondary N) is 2. The van der Waals surface area contributed by atoms with E-state index in [0.29, 0.717) is 24.5 Å². The van der Waals surface area contributed by atoms with Crippen molar-refractivity contribution in [3.05, 3.63) is 161 Å². The molecule has 6 rings (SSSR count). The van der Waals surface area contributed by atoms with Gasteiger partial charge in [-0.1, -0.05) is 104 Å². The minimum absolute atomic E-state index is 0.00526. The van der Waals surface area contributed by atoms with Gasteiger partial charge in [-0.05, 0) is 72.6 Å². The van der Waals surface area contributed by atoms with Gasteiger partial charge in [0.05, 0.1) is 24.9 Å². The van der Waals surface area contributed by atoms with Gasteiger partial charge in [-0.25, -0.2) is 4.79 Å². The number of aliphatic hydroxyl groups excluding tert-OH is 2. The lowest BCUT2D eigenvalue weighted by Crippen LogP contribution is -2.46. The number of nitrogens with zero attached hydrogens (tertiary/aromatic N) is 1. The lowest BCUT2D eigenvalue weighted by Gasteiger charge is -2.43. The van der Waals surface area contributed by atoms with Gasteiger partial charge >= 0.3 is 6.03 Å². The first-order valence-electron chi connectivity index (χ1n) is 17.7. The predicted molar refractivity (Wildman–Crippen MR) is 202 cm³/mol. The van der Waals surface area contributed by atoms with Crippen LogP contribution in [-0.4, -0.2) is 46.9 Å². The molecule has 1 heterocycles. The maximum Gasteiger partial charge on any atom is 0.319 e. The van der Waals surface area contributed by atoms with E-state index < -0.39 is 12.4 Å². The average molecular weight is 702 g/mol. The Balaban J connectivity index is 1.09. The molecule has 2 amide bonds. The van der Waals surface area contributed by atoms with Crippen LogP contribution in [0.3, 0.4) is 0 Å². The van der Waals surface area contributed by atoms with Crippen molar-refractivity contribution in [3.8, 4) is 11.5 Å². The van der Waals surface area contributed by atoms with Crippen LogP contribution in [0, 0.1) is 5.92 Å². The first-order valence-corrected chi connectivity index (χ1v) is 17.7. The molecule has 1 saturated heterocycles. The lowest BCUT2D eigenvalue weighted by atomic mass is 9.89. The van der Waals surface area contributed by atoms with Gasteiger partial charge in [-0.15, -0.1) is 0 Å². The van der Waals surface area contributed by atoms with E-state index in [4.69, 9.17) is 14.2 Å². The summed E-state index contributed by atoms with van der Waals surface area (Å²) >= 11 is 0. The maximum atomic E-state index is 12.7. The predicted octanol–water partition coefficient (Wildman–Crippen LogP) is 8.14. The van der Waals surface area contributed by atoms with Crippen molar-refractivity contribution in [2.75, 3.05) is 18.9 Å². The number of carbonyl (C=O) groups is 1. The van der Waals surface area contributed by atoms with Gasteiger partial charge in [0.1, 0.15) is 11.5 Å². The molecule has 0 saturated carbocycles. The summed E-state index contributed by atoms with van der Waals surface area (Å²) in [6.07, 6.45) is -1.75. The van der Waals surface area contributed by atoms with E-state index in [1.807, 2.05) is 135 Å². The van der Waals surface area contributed by atoms with Gasteiger partial charge in [0.15, 0.2) is 6.29 Å². The fourth-order valence-corrected chi connectivity index (χ4v) is 6.33. The molecule has 0 radical (unpaired) electrons. The number of aliphatic hydroxyl groups is 2. The van der Waals surface area contributed by atoms with Crippen molar-refractivity contribution in [2.24, 2.45) is 5.92 Å². The molecule has 6 unspecified atom stereocenters. The number of hydrogen-bond acceptors (Lipinski definition) is 7. The Hall–Kier alpha value is -5.03. The first-order chi connectivity index (χ1) is 25.3. The Kier molecular flexibility index (Phi) is 12.3. The molecule has 5 aromatic rings. The molecule has 9 nitrogen and oxygen atoms in total. The van der Waals surface area contributed by atoms with Crippen LogP contribution in [0.2, 0.25) is 0 Å². The molecule has 0 spiro atoms. The van der Waals surface area contributed by atoms with E-state index in [2.05, 4.69) is 22.5 Å². The summed E-state index contributed by atoms with van der Waals surface area (Å²) in [6.45, 7) is 5.04. The standard InChI is InChI=1S/C43H47N3O6/c1-29-39(27-46(3)30(2)40(48)33-10-6-4-7-11-33)51-42(52-41(29)34-18-16-32(28-47)17-19-34)35-20-14-31(15-21-35)26-44-43(49)45-36-22-24-38(25-23-36)50-37-12-8-5-9-13-37/h4-25,29-30,39-42,47-48H,26-28H2,1-3H3,(H2,44,45,49). The second kappa shape index (κ2) is 17.5. The minimum Gasteiger partial charge on any atom is -0.457 e. The van der Waals surface area contributed by atoms with Crippen LogP contribution < -0.4 is 15.4 Å². The van der Waals surface area contributed by atoms with Gasteiger partial charge < -0.3 is 35.1 Å². The summed E-state index contributed by atoms with van der Waals surface area (Å²) in [4.78, 5) is 14.8. The fourth-order valence-electron chi connectivity index (χ4n) is 6.33. The Morgan fingerprint density at radius 2 is 1.38 bits per heavy atom. The summed E-state index contributed by atoms with van der Waals surface area (Å²) in [5.41, 5.74) is 5.15. The molecule has 9 heteroatoms. The zero-order valence-electron chi connectivity index (χ0n) is 29.8. The van der Waals surface area contributed by atoms with Crippen LogP contribution in [0.15, 0.2) is 133 Å². The SMILES string of the molecule is CC1C(CN(C)C(C)C(O)c2ccccc2)OC(c2ccc(CNC(=O)Nc3ccc(Oc4ccccc4)cc3)cc2)OC1c1ccc(CO)cc1. The minimum atomic E-state index is -0.651. The molecule has 1 aliphatic rings. The van der Waals surface area contributed by atoms with E-state index in [-0.39, 0.29) is 36.8 Å². The number of rotatable bonds is 13. The Morgan fingerprint density at radius 3 is 2.04 bits per heavy atom. The highest BCUT2D eigenvalue weighted by molar-refractivity contribution is 5.89. The molecule has 1 fully saturated rings. The van der Waals surface area contributed by atoms with E-state index in [1.165, 1.54) is 0 Å². The maximum absolute atomic E-state index is 12.7. The molecular formula is C43H47N3O6. The third-order valence-electron chi connectivity index (χ3n) is 9.68. The van der Waals surface area contributed by atoms with Crippen molar-refractivity contribution in [3.63, 3.8) is 0 Å². The Morgan fingerprint density at radius 1 is 0.788 bits per heavy atom. The zero-order valence-corrected chi connectivity index (χ0v) is 29.8. The Bertz CT molecular complexity index is 1840. The van der Waals surface area contributed by atoms with E-state index in [9.17, 15) is 15.0 Å². The number of ether oxygens (including phenoxy) is 3. The number of carbonyl (C=O) groups excluding carboxylic acids is 1. The molecular weight excluding hydrogens is 654 g/mol. The molecule has 1 aliphatic heterocycles. The van der Waals surface area contributed by atoms with Crippen LogP contribution in [0.4, 0.5) is 10.5 Å². The third kappa shape index (κ3) is 9.44. The van der Waals surface area contributed by atoms with Gasteiger partial charge in [-0.2, -0.15) is 0 Å². The fraction of sp³-hybridized carbons (Fsp3) is 0.279. The smallest absolute Gasteiger partial charge is 0.319 e. The van der Waals surface area contributed by atoms with E-state index in [0.717, 1.165) is 33.6 Å². The van der Waals surface area contributed by atoms with Crippen LogP contribution in [0.5, 0.6) is 11.5 Å². The number of amides is 2. The quantitative estimate of drug-likeness (QED) is 0.0981. The second-order valence-corrected chi connectivity index (χ2v) is 13.3. The summed E-state index contributed by atoms with van der Waals surface area (Å²) < 4.78 is 19.1. The number of hydrogen-bond donors (Lipinski definition) is 4. The van der Waals surface area contributed by atoms with Gasteiger partial charge in [0.2, 0.25) is 0 Å². The highest BCUT2D eigenvalue weighted by Crippen LogP contribution is 2.42. The monoisotopic (exact) mass is 701 g/mol. The molecule has 270 valence electrons. The molecule has 0 aromatic heterocycles. The van der Waals surface area contributed by atoms with Crippen LogP contribution in [0.1, 0.15) is 60.2 Å². The van der Waals surface area contributed by atoms with Gasteiger partial charge in [0, 0.05) is 36.3 Å². The summed E-state index contributed by atoms with van der Waals surface area (Å²) in [5.74, 6) is 1.42. The van der Waals surface area contributed by atoms with Gasteiger partial charge in [-0.3, -0.25) is 4.90 Å². The van der Waals surface area contributed by atoms with Crippen molar-refractivity contribution < 1.29 is 29.2 Å². The molecule has 4 N–H and O–H groups in total. The number of likely N-dealkylation sites (N-methyl/N-ethyl adjacent to an activating group) is 1. The molecule has 0 aliphatic carbocycles. The normalized spacial score (nSPS) is 19.8. The number of benzene rings is 5. The van der Waals surface area contributed by atoms with E-state index in [1.54, 1.807) is 12.1 Å². The number of para-hydroxylation sites is 1. The molecule has 5 aromatic carbocycles. The third-order valence-corrected chi connectivity index (χ3v) is 9.68. The summed E-state index contributed by atoms with van der Waals surface area (Å²) in [7, 11) is 2.01. The summed E-state index contributed by atoms with van der Waals surface area (Å²) in [5, 5.41) is 26.5. The van der Waals surface area contributed by atoms with Crippen LogP contribution in [-0.2, 0) is 22.6 Å². The lowest BCUT2D eigenvalue weighted by molar-refractivity contribution is -0.276. The number of anilines is 1. The first kappa shape index (κ1) is 36.8. The topological polar surface area (TPSA) is 113 Å².